The van der Waals surface area contributed by atoms with E-state index in [2.05, 4.69) is 5.32 Å². The van der Waals surface area contributed by atoms with Crippen LogP contribution in [0.3, 0.4) is 0 Å². The van der Waals surface area contributed by atoms with Gasteiger partial charge in [0.05, 0.1) is 12.5 Å². The molecule has 38 heavy (non-hydrogen) atoms. The molecule has 0 spiro atoms. The number of amides is 2. The van der Waals surface area contributed by atoms with Crippen molar-refractivity contribution in [2.75, 3.05) is 19.6 Å². The normalized spacial score (nSPS) is 32.9. The summed E-state index contributed by atoms with van der Waals surface area (Å²) in [4.78, 5) is 39.8. The van der Waals surface area contributed by atoms with Crippen molar-refractivity contribution < 1.29 is 34.1 Å². The zero-order valence-corrected chi connectivity index (χ0v) is 23.4. The molecule has 0 radical (unpaired) electrons. The van der Waals surface area contributed by atoms with Gasteiger partial charge in [0, 0.05) is 31.1 Å². The number of hydrogen-bond acceptors (Lipinski definition) is 7. The molecule has 0 aromatic heterocycles. The predicted molar refractivity (Wildman–Crippen MR) is 141 cm³/mol. The maximum absolute atomic E-state index is 13.2. The summed E-state index contributed by atoms with van der Waals surface area (Å²) in [6, 6.07) is 0. The summed E-state index contributed by atoms with van der Waals surface area (Å²) < 4.78 is 10.9. The number of ether oxygens (including phenoxy) is 2. The van der Waals surface area contributed by atoms with Gasteiger partial charge in [-0.2, -0.15) is 0 Å². The molecule has 2 aliphatic heterocycles. The molecule has 2 aliphatic carbocycles. The van der Waals surface area contributed by atoms with Crippen molar-refractivity contribution in [3.8, 4) is 0 Å². The van der Waals surface area contributed by atoms with Crippen LogP contribution in [0.4, 0.5) is 4.79 Å². The SMILES string of the molecule is CC1=C(CC(=O)N2CCC(C3CCCC(CNC(=O)OC(C)(C)C)C3)CC2)C(=O)OC2C1CCC(O)C2O. The second kappa shape index (κ2) is 11.9. The Bertz CT molecular complexity index is 918. The molecule has 0 bridgehead atoms. The fraction of sp³-hybridized carbons (Fsp3) is 0.828. The van der Waals surface area contributed by atoms with Crippen molar-refractivity contribution in [3.05, 3.63) is 11.1 Å². The molecule has 6 atom stereocenters. The van der Waals surface area contributed by atoms with Crippen LogP contribution in [0, 0.1) is 23.7 Å². The first kappa shape index (κ1) is 28.9. The molecule has 2 heterocycles. The number of esters is 1. The molecule has 0 aromatic rings. The van der Waals surface area contributed by atoms with Crippen LogP contribution in [0.15, 0.2) is 11.1 Å². The third kappa shape index (κ3) is 6.89. The lowest BCUT2D eigenvalue weighted by atomic mass is 9.72. The standard InChI is InChI=1S/C29H46N2O7/c1-17-21-8-9-23(32)25(34)26(21)37-27(35)22(17)15-24(33)31-12-10-19(11-13-31)20-7-5-6-18(14-20)16-30-28(36)38-29(2,3)4/h18-21,23,25-26,32,34H,5-16H2,1-4H3,(H,30,36). The number of fused-ring (bicyclic) bond motifs is 1. The monoisotopic (exact) mass is 534 g/mol. The second-order valence-electron chi connectivity index (χ2n) is 12.8. The van der Waals surface area contributed by atoms with Crippen LogP contribution in [-0.4, -0.2) is 76.6 Å². The van der Waals surface area contributed by atoms with Crippen molar-refractivity contribution in [1.82, 2.24) is 10.2 Å². The van der Waals surface area contributed by atoms with Gasteiger partial charge in [0.2, 0.25) is 5.91 Å². The molecule has 1 saturated heterocycles. The van der Waals surface area contributed by atoms with E-state index in [9.17, 15) is 24.6 Å². The molecule has 9 heteroatoms. The van der Waals surface area contributed by atoms with E-state index in [1.165, 1.54) is 6.42 Å². The number of rotatable bonds is 5. The van der Waals surface area contributed by atoms with Crippen LogP contribution in [-0.2, 0) is 19.1 Å². The first-order valence-electron chi connectivity index (χ1n) is 14.4. The fourth-order valence-electron chi connectivity index (χ4n) is 6.92. The van der Waals surface area contributed by atoms with E-state index in [1.54, 1.807) is 0 Å². The molecule has 0 aromatic carbocycles. The van der Waals surface area contributed by atoms with Gasteiger partial charge < -0.3 is 29.9 Å². The number of nitrogens with zero attached hydrogens (tertiary/aromatic N) is 1. The minimum atomic E-state index is -1.09. The van der Waals surface area contributed by atoms with Gasteiger partial charge >= 0.3 is 12.1 Å². The fourth-order valence-corrected chi connectivity index (χ4v) is 6.92. The first-order valence-corrected chi connectivity index (χ1v) is 14.4. The Morgan fingerprint density at radius 2 is 1.76 bits per heavy atom. The number of carbonyl (C=O) groups excluding carboxylic acids is 3. The van der Waals surface area contributed by atoms with Gasteiger partial charge in [-0.15, -0.1) is 0 Å². The number of aliphatic hydroxyl groups is 2. The number of likely N-dealkylation sites (tertiary alicyclic amines) is 1. The van der Waals surface area contributed by atoms with Crippen LogP contribution >= 0.6 is 0 Å². The molecule has 3 N–H and O–H groups in total. The highest BCUT2D eigenvalue weighted by atomic mass is 16.6. The quantitative estimate of drug-likeness (QED) is 0.462. The number of nitrogens with one attached hydrogen (secondary N) is 1. The summed E-state index contributed by atoms with van der Waals surface area (Å²) in [5.74, 6) is 0.885. The molecular formula is C29H46N2O7. The van der Waals surface area contributed by atoms with Crippen LogP contribution in [0.2, 0.25) is 0 Å². The summed E-state index contributed by atoms with van der Waals surface area (Å²) >= 11 is 0. The van der Waals surface area contributed by atoms with Crippen LogP contribution in [0.25, 0.3) is 0 Å². The lowest BCUT2D eigenvalue weighted by molar-refractivity contribution is -0.170. The van der Waals surface area contributed by atoms with E-state index in [0.717, 1.165) is 37.7 Å². The highest BCUT2D eigenvalue weighted by Gasteiger charge is 2.45. The molecule has 2 amide bonds. The predicted octanol–water partition coefficient (Wildman–Crippen LogP) is 3.32. The van der Waals surface area contributed by atoms with E-state index in [4.69, 9.17) is 9.47 Å². The smallest absolute Gasteiger partial charge is 0.407 e. The highest BCUT2D eigenvalue weighted by Crippen LogP contribution is 2.40. The van der Waals surface area contributed by atoms with Gasteiger partial charge in [0.1, 0.15) is 17.8 Å². The molecule has 3 fully saturated rings. The summed E-state index contributed by atoms with van der Waals surface area (Å²) in [6.07, 6.45) is 4.52. The Morgan fingerprint density at radius 3 is 2.45 bits per heavy atom. The van der Waals surface area contributed by atoms with Crippen LogP contribution in [0.5, 0.6) is 0 Å². The first-order chi connectivity index (χ1) is 17.9. The van der Waals surface area contributed by atoms with E-state index in [-0.39, 0.29) is 24.3 Å². The zero-order chi connectivity index (χ0) is 27.6. The average molecular weight is 535 g/mol. The van der Waals surface area contributed by atoms with Gasteiger partial charge in [-0.3, -0.25) is 4.79 Å². The molecule has 4 aliphatic rings. The molecule has 214 valence electrons. The minimum Gasteiger partial charge on any atom is -0.455 e. The zero-order valence-electron chi connectivity index (χ0n) is 23.4. The van der Waals surface area contributed by atoms with Crippen molar-refractivity contribution >= 4 is 18.0 Å². The van der Waals surface area contributed by atoms with Crippen molar-refractivity contribution in [3.63, 3.8) is 0 Å². The lowest BCUT2D eigenvalue weighted by Gasteiger charge is -2.42. The Labute approximate surface area is 226 Å². The maximum atomic E-state index is 13.2. The summed E-state index contributed by atoms with van der Waals surface area (Å²) in [5, 5.41) is 23.2. The van der Waals surface area contributed by atoms with E-state index in [0.29, 0.717) is 55.8 Å². The largest absolute Gasteiger partial charge is 0.455 e. The average Bonchev–Trinajstić information content (AvgIpc) is 2.87. The van der Waals surface area contributed by atoms with E-state index in [1.807, 2.05) is 32.6 Å². The van der Waals surface area contributed by atoms with Gasteiger partial charge in [-0.1, -0.05) is 18.4 Å². The number of alkyl carbamates (subject to hydrolysis) is 1. The van der Waals surface area contributed by atoms with E-state index < -0.39 is 29.9 Å². The molecule has 9 nitrogen and oxygen atoms in total. The molecule has 2 saturated carbocycles. The Balaban J connectivity index is 1.25. The third-order valence-corrected chi connectivity index (χ3v) is 9.07. The summed E-state index contributed by atoms with van der Waals surface area (Å²) in [7, 11) is 0. The third-order valence-electron chi connectivity index (χ3n) is 9.07. The van der Waals surface area contributed by atoms with Gasteiger partial charge in [-0.25, -0.2) is 9.59 Å². The maximum Gasteiger partial charge on any atom is 0.407 e. The summed E-state index contributed by atoms with van der Waals surface area (Å²) in [6.45, 7) is 9.48. The number of aliphatic hydroxyl groups excluding tert-OH is 2. The Kier molecular flexibility index (Phi) is 9.07. The van der Waals surface area contributed by atoms with Gasteiger partial charge in [-0.05, 0) is 84.0 Å². The summed E-state index contributed by atoms with van der Waals surface area (Å²) in [5.41, 5.74) is 0.727. The van der Waals surface area contributed by atoms with Crippen molar-refractivity contribution in [2.45, 2.75) is 109 Å². The van der Waals surface area contributed by atoms with Gasteiger partial charge in [0.15, 0.2) is 0 Å². The van der Waals surface area contributed by atoms with Crippen molar-refractivity contribution in [2.24, 2.45) is 23.7 Å². The number of piperidine rings is 1. The molecular weight excluding hydrogens is 488 g/mol. The van der Waals surface area contributed by atoms with Gasteiger partial charge in [0.25, 0.3) is 0 Å². The van der Waals surface area contributed by atoms with Crippen molar-refractivity contribution in [1.29, 1.82) is 0 Å². The molecule has 4 rings (SSSR count). The number of carbonyl (C=O) groups is 3. The highest BCUT2D eigenvalue weighted by molar-refractivity contribution is 5.96. The van der Waals surface area contributed by atoms with E-state index >= 15 is 0 Å². The Hall–Kier alpha value is -2.13. The van der Waals surface area contributed by atoms with Crippen LogP contribution in [0.1, 0.15) is 85.5 Å². The minimum absolute atomic E-state index is 0.0268. The second-order valence-corrected chi connectivity index (χ2v) is 12.8. The lowest BCUT2D eigenvalue weighted by Crippen LogP contribution is -2.51. The topological polar surface area (TPSA) is 125 Å². The molecule has 6 unspecified atom stereocenters. The number of hydrogen-bond donors (Lipinski definition) is 3. The van der Waals surface area contributed by atoms with Crippen LogP contribution < -0.4 is 5.32 Å². The Morgan fingerprint density at radius 1 is 1.05 bits per heavy atom.